The predicted molar refractivity (Wildman–Crippen MR) is 59.3 cm³/mol. The Hall–Kier alpha value is -0.910. The maximum Gasteiger partial charge on any atom is 0.346 e. The summed E-state index contributed by atoms with van der Waals surface area (Å²) in [5, 5.41) is 19.6. The van der Waals surface area contributed by atoms with E-state index in [4.69, 9.17) is 10.2 Å². The number of carbonyl (C=O) groups is 1. The number of likely N-dealkylation sites (N-methyl/N-ethyl adjacent to an activating group) is 1. The molecular formula is C10H15NO3S. The number of hydrogen-bond acceptors (Lipinski definition) is 4. The lowest BCUT2D eigenvalue weighted by molar-refractivity contribution is 0.0699. The fourth-order valence-electron chi connectivity index (χ4n) is 1.21. The molecule has 0 saturated heterocycles. The maximum absolute atomic E-state index is 10.8. The molecule has 1 aromatic heterocycles. The molecule has 0 radical (unpaired) electrons. The van der Waals surface area contributed by atoms with Gasteiger partial charge in [0.1, 0.15) is 4.88 Å². The molecular weight excluding hydrogens is 214 g/mol. The highest BCUT2D eigenvalue weighted by Crippen LogP contribution is 2.18. The first-order chi connectivity index (χ1) is 7.06. The predicted octanol–water partition coefficient (Wildman–Crippen LogP) is 1.26. The average Bonchev–Trinajstić information content (AvgIpc) is 2.64. The third-order valence-electron chi connectivity index (χ3n) is 2.38. The molecule has 0 aliphatic rings. The summed E-state index contributed by atoms with van der Waals surface area (Å²) >= 11 is 1.23. The highest BCUT2D eigenvalue weighted by Gasteiger charge is 2.15. The Morgan fingerprint density at radius 2 is 2.33 bits per heavy atom. The Balaban J connectivity index is 2.72. The van der Waals surface area contributed by atoms with Crippen LogP contribution < -0.4 is 0 Å². The van der Waals surface area contributed by atoms with Gasteiger partial charge in [0, 0.05) is 12.6 Å². The van der Waals surface area contributed by atoms with Crippen molar-refractivity contribution in [2.24, 2.45) is 0 Å². The molecule has 0 spiro atoms. The summed E-state index contributed by atoms with van der Waals surface area (Å²) in [4.78, 5) is 13.2. The number of aliphatic hydroxyl groups excluding tert-OH is 1. The van der Waals surface area contributed by atoms with E-state index in [1.807, 2.05) is 24.9 Å². The molecule has 1 unspecified atom stereocenters. The molecule has 0 saturated carbocycles. The van der Waals surface area contributed by atoms with Crippen LogP contribution in [0.1, 0.15) is 22.2 Å². The number of aromatic carboxylic acids is 1. The minimum atomic E-state index is -0.884. The van der Waals surface area contributed by atoms with Gasteiger partial charge in [-0.05, 0) is 31.0 Å². The summed E-state index contributed by atoms with van der Waals surface area (Å²) in [5.41, 5.74) is 0.801. The van der Waals surface area contributed by atoms with E-state index < -0.39 is 5.97 Å². The van der Waals surface area contributed by atoms with E-state index in [0.717, 1.165) is 5.56 Å². The van der Waals surface area contributed by atoms with Crippen molar-refractivity contribution in [2.45, 2.75) is 19.5 Å². The maximum atomic E-state index is 10.8. The van der Waals surface area contributed by atoms with Crippen molar-refractivity contribution < 1.29 is 15.0 Å². The fourth-order valence-corrected chi connectivity index (χ4v) is 1.96. The van der Waals surface area contributed by atoms with E-state index in [9.17, 15) is 4.79 Å². The van der Waals surface area contributed by atoms with Gasteiger partial charge in [0.2, 0.25) is 0 Å². The topological polar surface area (TPSA) is 60.8 Å². The second-order valence-electron chi connectivity index (χ2n) is 3.53. The summed E-state index contributed by atoms with van der Waals surface area (Å²) in [6.07, 6.45) is 0. The van der Waals surface area contributed by atoms with Gasteiger partial charge in [0.05, 0.1) is 6.61 Å². The standard InChI is InChI=1S/C10H15NO3S/c1-7(6-12)11(2)5-8-3-4-15-9(8)10(13)14/h3-4,7,12H,5-6H2,1-2H3,(H,13,14). The molecule has 15 heavy (non-hydrogen) atoms. The van der Waals surface area contributed by atoms with Crippen molar-refractivity contribution in [2.75, 3.05) is 13.7 Å². The van der Waals surface area contributed by atoms with Crippen LogP contribution in [-0.4, -0.2) is 40.8 Å². The van der Waals surface area contributed by atoms with Gasteiger partial charge in [0.15, 0.2) is 0 Å². The van der Waals surface area contributed by atoms with E-state index >= 15 is 0 Å². The normalized spacial score (nSPS) is 13.1. The van der Waals surface area contributed by atoms with E-state index in [2.05, 4.69) is 0 Å². The summed E-state index contributed by atoms with van der Waals surface area (Å²) in [5.74, 6) is -0.884. The molecule has 0 aliphatic heterocycles. The second-order valence-corrected chi connectivity index (χ2v) is 4.44. The Morgan fingerprint density at radius 1 is 1.67 bits per heavy atom. The Bertz CT molecular complexity index is 337. The summed E-state index contributed by atoms with van der Waals surface area (Å²) in [7, 11) is 1.87. The Labute approximate surface area is 92.8 Å². The van der Waals surface area contributed by atoms with E-state index in [0.29, 0.717) is 11.4 Å². The van der Waals surface area contributed by atoms with Crippen molar-refractivity contribution in [1.29, 1.82) is 0 Å². The molecule has 0 aliphatic carbocycles. The molecule has 1 aromatic rings. The van der Waals surface area contributed by atoms with Gasteiger partial charge in [-0.2, -0.15) is 0 Å². The molecule has 0 fully saturated rings. The van der Waals surface area contributed by atoms with Crippen LogP contribution in [0.4, 0.5) is 0 Å². The monoisotopic (exact) mass is 229 g/mol. The average molecular weight is 229 g/mol. The number of nitrogens with zero attached hydrogens (tertiary/aromatic N) is 1. The zero-order valence-corrected chi connectivity index (χ0v) is 9.62. The quantitative estimate of drug-likeness (QED) is 0.798. The van der Waals surface area contributed by atoms with Gasteiger partial charge in [-0.1, -0.05) is 0 Å². The van der Waals surface area contributed by atoms with Gasteiger partial charge in [-0.25, -0.2) is 4.79 Å². The molecule has 1 atom stereocenters. The van der Waals surface area contributed by atoms with Crippen molar-refractivity contribution >= 4 is 17.3 Å². The summed E-state index contributed by atoms with van der Waals surface area (Å²) in [6.45, 7) is 2.52. The minimum Gasteiger partial charge on any atom is -0.477 e. The molecule has 0 bridgehead atoms. The minimum absolute atomic E-state index is 0.0338. The van der Waals surface area contributed by atoms with Gasteiger partial charge in [-0.15, -0.1) is 11.3 Å². The van der Waals surface area contributed by atoms with Gasteiger partial charge in [-0.3, -0.25) is 4.90 Å². The second kappa shape index (κ2) is 5.25. The summed E-state index contributed by atoms with van der Waals surface area (Å²) in [6, 6.07) is 1.85. The Kier molecular flexibility index (Phi) is 4.26. The summed E-state index contributed by atoms with van der Waals surface area (Å²) < 4.78 is 0. The smallest absolute Gasteiger partial charge is 0.346 e. The van der Waals surface area contributed by atoms with Crippen LogP contribution in [0.5, 0.6) is 0 Å². The van der Waals surface area contributed by atoms with E-state index in [1.165, 1.54) is 11.3 Å². The van der Waals surface area contributed by atoms with Crippen LogP contribution in [0.15, 0.2) is 11.4 Å². The molecule has 5 heteroatoms. The molecule has 0 aromatic carbocycles. The number of carboxylic acids is 1. The van der Waals surface area contributed by atoms with Crippen molar-refractivity contribution in [3.05, 3.63) is 21.9 Å². The lowest BCUT2D eigenvalue weighted by atomic mass is 10.2. The number of aliphatic hydroxyl groups is 1. The number of carboxylic acid groups (broad SMARTS) is 1. The lowest BCUT2D eigenvalue weighted by Crippen LogP contribution is -2.31. The van der Waals surface area contributed by atoms with Crippen molar-refractivity contribution in [3.8, 4) is 0 Å². The fraction of sp³-hybridized carbons (Fsp3) is 0.500. The van der Waals surface area contributed by atoms with Crippen LogP contribution >= 0.6 is 11.3 Å². The van der Waals surface area contributed by atoms with Crippen LogP contribution in [0, 0.1) is 0 Å². The number of hydrogen-bond donors (Lipinski definition) is 2. The third kappa shape index (κ3) is 3.02. The molecule has 1 rings (SSSR count). The molecule has 1 heterocycles. The van der Waals surface area contributed by atoms with Crippen molar-refractivity contribution in [3.63, 3.8) is 0 Å². The van der Waals surface area contributed by atoms with Crippen LogP contribution in [-0.2, 0) is 6.54 Å². The lowest BCUT2D eigenvalue weighted by Gasteiger charge is -2.22. The highest BCUT2D eigenvalue weighted by molar-refractivity contribution is 7.12. The molecule has 4 nitrogen and oxygen atoms in total. The van der Waals surface area contributed by atoms with Gasteiger partial charge < -0.3 is 10.2 Å². The Morgan fingerprint density at radius 3 is 2.87 bits per heavy atom. The van der Waals surface area contributed by atoms with Crippen LogP contribution in [0.2, 0.25) is 0 Å². The molecule has 2 N–H and O–H groups in total. The van der Waals surface area contributed by atoms with Crippen LogP contribution in [0.3, 0.4) is 0 Å². The van der Waals surface area contributed by atoms with E-state index in [-0.39, 0.29) is 12.6 Å². The largest absolute Gasteiger partial charge is 0.477 e. The van der Waals surface area contributed by atoms with Gasteiger partial charge in [0.25, 0.3) is 0 Å². The van der Waals surface area contributed by atoms with Crippen molar-refractivity contribution in [1.82, 2.24) is 4.90 Å². The van der Waals surface area contributed by atoms with E-state index in [1.54, 1.807) is 5.38 Å². The number of rotatable bonds is 5. The first-order valence-corrected chi connectivity index (χ1v) is 5.55. The van der Waals surface area contributed by atoms with Crippen LogP contribution in [0.25, 0.3) is 0 Å². The number of thiophene rings is 1. The highest BCUT2D eigenvalue weighted by atomic mass is 32.1. The SMILES string of the molecule is CC(CO)N(C)Cc1ccsc1C(=O)O. The zero-order chi connectivity index (χ0) is 11.4. The third-order valence-corrected chi connectivity index (χ3v) is 3.32. The molecule has 0 amide bonds. The first-order valence-electron chi connectivity index (χ1n) is 4.67. The first kappa shape index (κ1) is 12.2. The zero-order valence-electron chi connectivity index (χ0n) is 8.80. The molecule has 84 valence electrons. The van der Waals surface area contributed by atoms with Gasteiger partial charge >= 0.3 is 5.97 Å².